The molecule has 0 radical (unpaired) electrons. The van der Waals surface area contributed by atoms with Gasteiger partial charge in [-0.3, -0.25) is 14.5 Å². The molecule has 8 nitrogen and oxygen atoms in total. The van der Waals surface area contributed by atoms with Crippen molar-refractivity contribution in [2.75, 3.05) is 20.1 Å². The van der Waals surface area contributed by atoms with Crippen molar-refractivity contribution in [2.45, 2.75) is 32.5 Å². The Morgan fingerprint density at radius 3 is 2.69 bits per heavy atom. The highest BCUT2D eigenvalue weighted by Crippen LogP contribution is 2.18. The first-order valence-corrected chi connectivity index (χ1v) is 10.7. The molecule has 2 amide bonds. The molecule has 4 rings (SSSR count). The van der Waals surface area contributed by atoms with Crippen molar-refractivity contribution in [1.82, 2.24) is 25.3 Å². The topological polar surface area (TPSA) is 91.6 Å². The fraction of sp³-hybridized carbons (Fsp3) is 0.333. The van der Waals surface area contributed by atoms with Crippen molar-refractivity contribution in [2.24, 2.45) is 0 Å². The molecule has 1 aliphatic heterocycles. The first kappa shape index (κ1) is 21.7. The van der Waals surface area contributed by atoms with Gasteiger partial charge in [0, 0.05) is 32.2 Å². The molecule has 2 aromatic carbocycles. The van der Waals surface area contributed by atoms with E-state index in [1.54, 1.807) is 7.05 Å². The summed E-state index contributed by atoms with van der Waals surface area (Å²) in [5.74, 6) is 0.566. The summed E-state index contributed by atoms with van der Waals surface area (Å²) in [6.07, 6.45) is 0.0911. The number of hydrogen-bond donors (Lipinski definition) is 1. The third-order valence-electron chi connectivity index (χ3n) is 5.61. The van der Waals surface area contributed by atoms with Gasteiger partial charge in [-0.25, -0.2) is 0 Å². The Kier molecular flexibility index (Phi) is 6.61. The smallest absolute Gasteiger partial charge is 0.246 e. The van der Waals surface area contributed by atoms with Crippen LogP contribution < -0.4 is 5.32 Å². The van der Waals surface area contributed by atoms with Crippen molar-refractivity contribution in [3.05, 3.63) is 71.6 Å². The van der Waals surface area contributed by atoms with Crippen molar-refractivity contribution < 1.29 is 14.1 Å². The van der Waals surface area contributed by atoms with Crippen LogP contribution in [0, 0.1) is 6.92 Å². The predicted octanol–water partition coefficient (Wildman–Crippen LogP) is 2.39. The third kappa shape index (κ3) is 5.20. The number of carbonyl (C=O) groups excluding carboxylic acids is 2. The van der Waals surface area contributed by atoms with Gasteiger partial charge in [0.2, 0.25) is 23.5 Å². The number of aryl methyl sites for hydroxylation is 1. The second-order valence-electron chi connectivity index (χ2n) is 8.09. The number of amides is 2. The van der Waals surface area contributed by atoms with Crippen LogP contribution in [0.5, 0.6) is 0 Å². The molecule has 1 N–H and O–H groups in total. The number of carbonyl (C=O) groups is 2. The summed E-state index contributed by atoms with van der Waals surface area (Å²) >= 11 is 0. The van der Waals surface area contributed by atoms with Crippen LogP contribution in [-0.4, -0.2) is 57.9 Å². The van der Waals surface area contributed by atoms with Gasteiger partial charge in [0.15, 0.2) is 0 Å². The highest BCUT2D eigenvalue weighted by atomic mass is 16.5. The van der Waals surface area contributed by atoms with E-state index >= 15 is 0 Å². The van der Waals surface area contributed by atoms with Gasteiger partial charge in [-0.1, -0.05) is 65.3 Å². The average molecular weight is 434 g/mol. The molecule has 1 atom stereocenters. The largest absolute Gasteiger partial charge is 0.353 e. The molecule has 0 bridgehead atoms. The van der Waals surface area contributed by atoms with Crippen LogP contribution in [0.25, 0.3) is 11.4 Å². The predicted molar refractivity (Wildman–Crippen MR) is 119 cm³/mol. The highest BCUT2D eigenvalue weighted by molar-refractivity contribution is 5.88. The molecular weight excluding hydrogens is 406 g/mol. The Labute approximate surface area is 187 Å². The van der Waals surface area contributed by atoms with Gasteiger partial charge < -0.3 is 14.7 Å². The zero-order valence-electron chi connectivity index (χ0n) is 18.3. The van der Waals surface area contributed by atoms with E-state index in [-0.39, 0.29) is 24.8 Å². The first-order chi connectivity index (χ1) is 15.5. The molecule has 1 saturated heterocycles. The van der Waals surface area contributed by atoms with Crippen LogP contribution in [0.15, 0.2) is 59.1 Å². The molecule has 166 valence electrons. The van der Waals surface area contributed by atoms with Crippen molar-refractivity contribution in [1.29, 1.82) is 0 Å². The normalized spacial score (nSPS) is 16.6. The lowest BCUT2D eigenvalue weighted by molar-refractivity contribution is -0.138. The molecule has 32 heavy (non-hydrogen) atoms. The Morgan fingerprint density at radius 2 is 1.94 bits per heavy atom. The van der Waals surface area contributed by atoms with Crippen molar-refractivity contribution in [3.63, 3.8) is 0 Å². The van der Waals surface area contributed by atoms with E-state index in [9.17, 15) is 9.59 Å². The molecule has 1 fully saturated rings. The van der Waals surface area contributed by atoms with Gasteiger partial charge in [-0.05, 0) is 12.5 Å². The summed E-state index contributed by atoms with van der Waals surface area (Å²) in [5, 5.41) is 6.88. The van der Waals surface area contributed by atoms with Crippen LogP contribution in [0.1, 0.15) is 23.4 Å². The molecule has 8 heteroatoms. The van der Waals surface area contributed by atoms with Crippen LogP contribution >= 0.6 is 0 Å². The molecule has 0 spiro atoms. The SMILES string of the molecule is Cc1ccc(CN2CCNC(=O)C2CC(=O)N(C)Cc2nc(-c3ccccc3)no2)cc1. The lowest BCUT2D eigenvalue weighted by atomic mass is 10.1. The standard InChI is InChI=1S/C24H27N5O3/c1-17-8-10-18(11-9-17)15-29-13-12-25-24(31)20(29)14-22(30)28(2)16-21-26-23(27-32-21)19-6-4-3-5-7-19/h3-11,20H,12-16H2,1-2H3,(H,25,31). The van der Waals surface area contributed by atoms with E-state index in [1.165, 1.54) is 10.5 Å². The van der Waals surface area contributed by atoms with Crippen LogP contribution in [0.3, 0.4) is 0 Å². The van der Waals surface area contributed by atoms with Gasteiger partial charge in [0.1, 0.15) is 0 Å². The molecule has 3 aromatic rings. The summed E-state index contributed by atoms with van der Waals surface area (Å²) in [4.78, 5) is 33.4. The number of benzene rings is 2. The van der Waals surface area contributed by atoms with E-state index in [0.717, 1.165) is 11.1 Å². The zero-order valence-corrected chi connectivity index (χ0v) is 18.3. The Hall–Kier alpha value is -3.52. The lowest BCUT2D eigenvalue weighted by Gasteiger charge is -2.35. The molecule has 1 aromatic heterocycles. The summed E-state index contributed by atoms with van der Waals surface area (Å²) in [5.41, 5.74) is 3.16. The Morgan fingerprint density at radius 1 is 1.19 bits per heavy atom. The van der Waals surface area contributed by atoms with Gasteiger partial charge in [0.25, 0.3) is 0 Å². The molecule has 1 aliphatic rings. The monoisotopic (exact) mass is 433 g/mol. The minimum absolute atomic E-state index is 0.0911. The Balaban J connectivity index is 1.39. The summed E-state index contributed by atoms with van der Waals surface area (Å²) in [6.45, 7) is 4.13. The number of piperazine rings is 1. The average Bonchev–Trinajstić information content (AvgIpc) is 3.26. The number of rotatable bonds is 7. The fourth-order valence-corrected chi connectivity index (χ4v) is 3.74. The number of nitrogens with one attached hydrogen (secondary N) is 1. The maximum Gasteiger partial charge on any atom is 0.246 e. The fourth-order valence-electron chi connectivity index (χ4n) is 3.74. The van der Waals surface area contributed by atoms with E-state index in [2.05, 4.69) is 44.6 Å². The molecule has 0 aliphatic carbocycles. The summed E-state index contributed by atoms with van der Waals surface area (Å²) < 4.78 is 5.32. The number of hydrogen-bond acceptors (Lipinski definition) is 6. The summed E-state index contributed by atoms with van der Waals surface area (Å²) in [6, 6.07) is 17.2. The maximum atomic E-state index is 12.9. The lowest BCUT2D eigenvalue weighted by Crippen LogP contribution is -2.56. The van der Waals surface area contributed by atoms with Gasteiger partial charge in [-0.15, -0.1) is 0 Å². The number of nitrogens with zero attached hydrogens (tertiary/aromatic N) is 4. The maximum absolute atomic E-state index is 12.9. The highest BCUT2D eigenvalue weighted by Gasteiger charge is 2.32. The van der Waals surface area contributed by atoms with Crippen molar-refractivity contribution in [3.8, 4) is 11.4 Å². The van der Waals surface area contributed by atoms with Gasteiger partial charge in [0.05, 0.1) is 19.0 Å². The molecular formula is C24H27N5O3. The van der Waals surface area contributed by atoms with Crippen molar-refractivity contribution >= 4 is 11.8 Å². The quantitative estimate of drug-likeness (QED) is 0.615. The second-order valence-corrected chi connectivity index (χ2v) is 8.09. The van der Waals surface area contributed by atoms with E-state index < -0.39 is 6.04 Å². The van der Waals surface area contributed by atoms with Crippen LogP contribution in [-0.2, 0) is 22.7 Å². The third-order valence-corrected chi connectivity index (χ3v) is 5.61. The van der Waals surface area contributed by atoms with Crippen LogP contribution in [0.2, 0.25) is 0 Å². The van der Waals surface area contributed by atoms with Crippen LogP contribution in [0.4, 0.5) is 0 Å². The summed E-state index contributed by atoms with van der Waals surface area (Å²) in [7, 11) is 1.68. The minimum atomic E-state index is -0.512. The zero-order chi connectivity index (χ0) is 22.5. The molecule has 1 unspecified atom stereocenters. The van der Waals surface area contributed by atoms with Gasteiger partial charge >= 0.3 is 0 Å². The van der Waals surface area contributed by atoms with Gasteiger partial charge in [-0.2, -0.15) is 4.98 Å². The first-order valence-electron chi connectivity index (χ1n) is 10.7. The van der Waals surface area contributed by atoms with E-state index in [1.807, 2.05) is 37.3 Å². The molecule has 0 saturated carbocycles. The Bertz CT molecular complexity index is 1060. The number of aromatic nitrogens is 2. The van der Waals surface area contributed by atoms with E-state index in [4.69, 9.17) is 4.52 Å². The minimum Gasteiger partial charge on any atom is -0.353 e. The molecule has 2 heterocycles. The van der Waals surface area contributed by atoms with E-state index in [0.29, 0.717) is 31.3 Å². The second kappa shape index (κ2) is 9.74.